The number of phenols is 1. The third-order valence-corrected chi connectivity index (χ3v) is 3.90. The van der Waals surface area contributed by atoms with E-state index >= 15 is 0 Å². The van der Waals surface area contributed by atoms with Gasteiger partial charge in [-0.3, -0.25) is 0 Å². The first-order chi connectivity index (χ1) is 11.1. The van der Waals surface area contributed by atoms with Crippen LogP contribution in [-0.2, 0) is 12.8 Å². The van der Waals surface area contributed by atoms with E-state index in [0.29, 0.717) is 0 Å². The molecule has 2 aromatic rings. The molecule has 0 saturated heterocycles. The number of rotatable bonds is 8. The molecule has 2 aromatic carbocycles. The number of benzene rings is 2. The van der Waals surface area contributed by atoms with Crippen molar-refractivity contribution in [2.75, 3.05) is 19.6 Å². The molecule has 0 unspecified atom stereocenters. The van der Waals surface area contributed by atoms with E-state index in [2.05, 4.69) is 11.8 Å². The topological polar surface area (TPSA) is 23.5 Å². The zero-order valence-electron chi connectivity index (χ0n) is 13.4. The molecule has 0 aromatic heterocycles. The van der Waals surface area contributed by atoms with Gasteiger partial charge in [0.1, 0.15) is 5.82 Å². The van der Waals surface area contributed by atoms with Crippen LogP contribution in [0.5, 0.6) is 5.75 Å². The zero-order chi connectivity index (χ0) is 16.7. The van der Waals surface area contributed by atoms with Crippen molar-refractivity contribution in [2.24, 2.45) is 0 Å². The summed E-state index contributed by atoms with van der Waals surface area (Å²) < 4.78 is 26.0. The van der Waals surface area contributed by atoms with E-state index in [1.54, 1.807) is 6.07 Å². The van der Waals surface area contributed by atoms with E-state index in [1.165, 1.54) is 24.3 Å². The van der Waals surface area contributed by atoms with Crippen molar-refractivity contribution in [3.05, 3.63) is 65.2 Å². The molecular formula is C19H23F2NO. The maximum atomic E-state index is 13.1. The predicted molar refractivity (Wildman–Crippen MR) is 88.6 cm³/mol. The number of aromatic hydroxyl groups is 1. The Morgan fingerprint density at radius 2 is 1.48 bits per heavy atom. The van der Waals surface area contributed by atoms with Gasteiger partial charge in [-0.2, -0.15) is 0 Å². The van der Waals surface area contributed by atoms with Gasteiger partial charge in [-0.25, -0.2) is 8.78 Å². The maximum Gasteiger partial charge on any atom is 0.164 e. The summed E-state index contributed by atoms with van der Waals surface area (Å²) in [5.41, 5.74) is 2.04. The van der Waals surface area contributed by atoms with Crippen LogP contribution in [-0.4, -0.2) is 29.6 Å². The lowest BCUT2D eigenvalue weighted by Gasteiger charge is -2.21. The summed E-state index contributed by atoms with van der Waals surface area (Å²) in [6.45, 7) is 4.86. The predicted octanol–water partition coefficient (Wildman–Crippen LogP) is 4.17. The molecule has 1 N–H and O–H groups in total. The van der Waals surface area contributed by atoms with Crippen molar-refractivity contribution in [1.82, 2.24) is 4.90 Å². The Hall–Kier alpha value is -1.94. The fourth-order valence-corrected chi connectivity index (χ4v) is 2.59. The molecule has 0 heterocycles. The number of phenolic OH excluding ortho intramolecular Hbond substituents is 1. The summed E-state index contributed by atoms with van der Waals surface area (Å²) in [5.74, 6) is -1.10. The Balaban J connectivity index is 1.87. The van der Waals surface area contributed by atoms with E-state index in [4.69, 9.17) is 0 Å². The molecule has 0 amide bonds. The first kappa shape index (κ1) is 17.4. The lowest BCUT2D eigenvalue weighted by Crippen LogP contribution is -2.29. The van der Waals surface area contributed by atoms with Crippen molar-refractivity contribution in [1.29, 1.82) is 0 Å². The number of hydrogen-bond acceptors (Lipinski definition) is 2. The van der Waals surface area contributed by atoms with Gasteiger partial charge in [0.05, 0.1) is 0 Å². The molecule has 2 rings (SSSR count). The highest BCUT2D eigenvalue weighted by molar-refractivity contribution is 5.29. The summed E-state index contributed by atoms with van der Waals surface area (Å²) in [6, 6.07) is 11.1. The molecule has 0 aliphatic heterocycles. The highest BCUT2D eigenvalue weighted by atomic mass is 19.1. The van der Waals surface area contributed by atoms with Crippen LogP contribution in [0.3, 0.4) is 0 Å². The van der Waals surface area contributed by atoms with Crippen LogP contribution >= 0.6 is 0 Å². The molecule has 0 spiro atoms. The quantitative estimate of drug-likeness (QED) is 0.789. The average molecular weight is 319 g/mol. The lowest BCUT2D eigenvalue weighted by atomic mass is 10.1. The average Bonchev–Trinajstić information content (AvgIpc) is 2.55. The van der Waals surface area contributed by atoms with Gasteiger partial charge in [0.2, 0.25) is 0 Å². The van der Waals surface area contributed by atoms with Crippen LogP contribution in [0.1, 0.15) is 24.5 Å². The van der Waals surface area contributed by atoms with E-state index in [0.717, 1.165) is 50.0 Å². The van der Waals surface area contributed by atoms with Crippen molar-refractivity contribution in [3.8, 4) is 5.75 Å². The minimum Gasteiger partial charge on any atom is -0.505 e. The zero-order valence-corrected chi connectivity index (χ0v) is 13.4. The van der Waals surface area contributed by atoms with Gasteiger partial charge in [-0.1, -0.05) is 25.1 Å². The first-order valence-electron chi connectivity index (χ1n) is 8.02. The Morgan fingerprint density at radius 3 is 2.09 bits per heavy atom. The molecule has 0 saturated carbocycles. The van der Waals surface area contributed by atoms with E-state index < -0.39 is 5.82 Å². The Bertz CT molecular complexity index is 613. The van der Waals surface area contributed by atoms with Crippen molar-refractivity contribution >= 4 is 0 Å². The van der Waals surface area contributed by atoms with Gasteiger partial charge in [0, 0.05) is 13.1 Å². The molecule has 23 heavy (non-hydrogen) atoms. The smallest absolute Gasteiger partial charge is 0.164 e. The monoisotopic (exact) mass is 319 g/mol. The number of halogens is 2. The Kier molecular flexibility index (Phi) is 6.53. The molecule has 4 heteroatoms. The standard InChI is InChI=1S/C19H23F2NO/c1-2-11-22(12-9-15-3-6-17(20)7-4-15)13-10-16-5-8-18(21)19(23)14-16/h3-8,14,23H,2,9-13H2,1H3. The molecular weight excluding hydrogens is 296 g/mol. The van der Waals surface area contributed by atoms with Gasteiger partial charge < -0.3 is 10.0 Å². The highest BCUT2D eigenvalue weighted by Crippen LogP contribution is 2.17. The lowest BCUT2D eigenvalue weighted by molar-refractivity contribution is 0.281. The minimum atomic E-state index is -0.588. The summed E-state index contributed by atoms with van der Waals surface area (Å²) in [7, 11) is 0. The van der Waals surface area contributed by atoms with Crippen molar-refractivity contribution in [3.63, 3.8) is 0 Å². The summed E-state index contributed by atoms with van der Waals surface area (Å²) in [4.78, 5) is 2.34. The molecule has 0 aliphatic carbocycles. The van der Waals surface area contributed by atoms with E-state index in [9.17, 15) is 13.9 Å². The van der Waals surface area contributed by atoms with Gasteiger partial charge >= 0.3 is 0 Å². The van der Waals surface area contributed by atoms with Crippen molar-refractivity contribution < 1.29 is 13.9 Å². The third kappa shape index (κ3) is 5.64. The van der Waals surface area contributed by atoms with Crippen LogP contribution in [0.25, 0.3) is 0 Å². The molecule has 0 aliphatic rings. The van der Waals surface area contributed by atoms with Crippen molar-refractivity contribution in [2.45, 2.75) is 26.2 Å². The summed E-state index contributed by atoms with van der Waals surface area (Å²) >= 11 is 0. The van der Waals surface area contributed by atoms with E-state index in [1.807, 2.05) is 12.1 Å². The van der Waals surface area contributed by atoms with E-state index in [-0.39, 0.29) is 11.6 Å². The summed E-state index contributed by atoms with van der Waals surface area (Å²) in [5, 5.41) is 9.42. The van der Waals surface area contributed by atoms with Gasteiger partial charge in [-0.05, 0) is 61.2 Å². The third-order valence-electron chi connectivity index (χ3n) is 3.90. The minimum absolute atomic E-state index is 0.213. The second-order valence-electron chi connectivity index (χ2n) is 5.75. The second kappa shape index (κ2) is 8.63. The first-order valence-corrected chi connectivity index (χ1v) is 8.02. The van der Waals surface area contributed by atoms with Gasteiger partial charge in [0.15, 0.2) is 11.6 Å². The number of nitrogens with zero attached hydrogens (tertiary/aromatic N) is 1. The van der Waals surface area contributed by atoms with Crippen LogP contribution in [0.2, 0.25) is 0 Å². The molecule has 0 atom stereocenters. The van der Waals surface area contributed by atoms with Gasteiger partial charge in [-0.15, -0.1) is 0 Å². The number of hydrogen-bond donors (Lipinski definition) is 1. The highest BCUT2D eigenvalue weighted by Gasteiger charge is 2.07. The summed E-state index contributed by atoms with van der Waals surface area (Å²) in [6.07, 6.45) is 2.68. The van der Waals surface area contributed by atoms with Crippen LogP contribution < -0.4 is 0 Å². The molecule has 2 nitrogen and oxygen atoms in total. The SMILES string of the molecule is CCCN(CCc1ccc(F)cc1)CCc1ccc(F)c(O)c1. The Labute approximate surface area is 136 Å². The van der Waals surface area contributed by atoms with Gasteiger partial charge in [0.25, 0.3) is 0 Å². The largest absolute Gasteiger partial charge is 0.505 e. The molecule has 124 valence electrons. The fourth-order valence-electron chi connectivity index (χ4n) is 2.59. The normalized spacial score (nSPS) is 11.1. The maximum absolute atomic E-state index is 13.1. The van der Waals surface area contributed by atoms with Crippen LogP contribution in [0, 0.1) is 11.6 Å². The van der Waals surface area contributed by atoms with Crippen LogP contribution in [0.15, 0.2) is 42.5 Å². The molecule has 0 radical (unpaired) electrons. The fraction of sp³-hybridized carbons (Fsp3) is 0.368. The molecule has 0 bridgehead atoms. The van der Waals surface area contributed by atoms with Crippen LogP contribution in [0.4, 0.5) is 8.78 Å². The molecule has 0 fully saturated rings. The second-order valence-corrected chi connectivity index (χ2v) is 5.75. The Morgan fingerprint density at radius 1 is 0.870 bits per heavy atom.